The summed E-state index contributed by atoms with van der Waals surface area (Å²) in [5.74, 6) is -0.267. The van der Waals surface area contributed by atoms with Crippen LogP contribution in [0.5, 0.6) is 0 Å². The zero-order chi connectivity index (χ0) is 15.0. The normalized spacial score (nSPS) is 22.1. The van der Waals surface area contributed by atoms with Crippen molar-refractivity contribution in [1.29, 1.82) is 0 Å². The van der Waals surface area contributed by atoms with Gasteiger partial charge in [0.25, 0.3) is 0 Å². The second kappa shape index (κ2) is 6.96. The number of aliphatic hydroxyl groups excluding tert-OH is 1. The van der Waals surface area contributed by atoms with Crippen LogP contribution in [0.2, 0.25) is 0 Å². The number of likely N-dealkylation sites (tertiary alicyclic amines) is 1. The lowest BCUT2D eigenvalue weighted by Gasteiger charge is -2.26. The Balaban J connectivity index is 0.00000176. The predicted octanol–water partition coefficient (Wildman–Crippen LogP) is 1.54. The van der Waals surface area contributed by atoms with Crippen molar-refractivity contribution in [2.75, 3.05) is 19.6 Å². The van der Waals surface area contributed by atoms with E-state index in [2.05, 4.69) is 4.90 Å². The zero-order valence-electron chi connectivity index (χ0n) is 12.7. The molecule has 3 rings (SSSR count). The van der Waals surface area contributed by atoms with Crippen LogP contribution < -0.4 is 5.73 Å². The SMILES string of the molecule is Cc1c(C(O)CN2CCCC2CN)ccc2c1COC2=O.Cl. The number of rotatable bonds is 4. The fourth-order valence-corrected chi connectivity index (χ4v) is 3.45. The first kappa shape index (κ1) is 17.2. The number of nitrogens with zero attached hydrogens (tertiary/aromatic N) is 1. The first-order valence-corrected chi connectivity index (χ1v) is 7.53. The molecule has 0 radical (unpaired) electrons. The fourth-order valence-electron chi connectivity index (χ4n) is 3.45. The Labute approximate surface area is 136 Å². The molecule has 0 aliphatic carbocycles. The number of β-amino-alcohol motifs (C(OH)–C–C–N with tert-alkyl or cyclic N) is 1. The average Bonchev–Trinajstić information content (AvgIpc) is 3.06. The molecule has 0 amide bonds. The standard InChI is InChI=1S/C16H22N2O3.ClH/c1-10-12(4-5-13-14(10)9-21-16(13)20)15(19)8-18-6-2-3-11(18)7-17;/h4-5,11,15,19H,2-3,6-9,17H2,1H3;1H. The molecular formula is C16H23ClN2O3. The lowest BCUT2D eigenvalue weighted by molar-refractivity contribution is 0.0535. The summed E-state index contributed by atoms with van der Waals surface area (Å²) >= 11 is 0. The Hall–Kier alpha value is -1.14. The molecular weight excluding hydrogens is 304 g/mol. The Morgan fingerprint density at radius 2 is 2.27 bits per heavy atom. The molecule has 1 aromatic rings. The molecule has 2 unspecified atom stereocenters. The van der Waals surface area contributed by atoms with Crippen molar-refractivity contribution in [3.05, 3.63) is 34.4 Å². The average molecular weight is 327 g/mol. The number of esters is 1. The summed E-state index contributed by atoms with van der Waals surface area (Å²) in [5, 5.41) is 10.6. The summed E-state index contributed by atoms with van der Waals surface area (Å²) in [6, 6.07) is 3.99. The van der Waals surface area contributed by atoms with E-state index >= 15 is 0 Å². The van der Waals surface area contributed by atoms with Gasteiger partial charge in [0.05, 0.1) is 11.7 Å². The van der Waals surface area contributed by atoms with E-state index in [9.17, 15) is 9.90 Å². The Kier molecular flexibility index (Phi) is 5.45. The highest BCUT2D eigenvalue weighted by Crippen LogP contribution is 2.30. The van der Waals surface area contributed by atoms with Crippen LogP contribution >= 0.6 is 12.4 Å². The molecule has 0 bridgehead atoms. The molecule has 2 heterocycles. The van der Waals surface area contributed by atoms with E-state index in [0.717, 1.165) is 36.1 Å². The van der Waals surface area contributed by atoms with Crippen LogP contribution in [-0.4, -0.2) is 41.7 Å². The number of aliphatic hydroxyl groups is 1. The first-order valence-electron chi connectivity index (χ1n) is 7.53. The van der Waals surface area contributed by atoms with Gasteiger partial charge in [-0.05, 0) is 43.5 Å². The van der Waals surface area contributed by atoms with E-state index in [-0.39, 0.29) is 18.4 Å². The number of hydrogen-bond donors (Lipinski definition) is 2. The fraction of sp³-hybridized carbons (Fsp3) is 0.562. The number of halogens is 1. The molecule has 2 aliphatic rings. The zero-order valence-corrected chi connectivity index (χ0v) is 13.6. The molecule has 2 atom stereocenters. The highest BCUT2D eigenvalue weighted by molar-refractivity contribution is 5.93. The lowest BCUT2D eigenvalue weighted by Crippen LogP contribution is -2.38. The number of fused-ring (bicyclic) bond motifs is 1. The van der Waals surface area contributed by atoms with E-state index in [1.807, 2.05) is 13.0 Å². The van der Waals surface area contributed by atoms with Gasteiger partial charge in [-0.25, -0.2) is 4.79 Å². The number of nitrogens with two attached hydrogens (primary N) is 1. The quantitative estimate of drug-likeness (QED) is 0.821. The van der Waals surface area contributed by atoms with Gasteiger partial charge in [0.1, 0.15) is 6.61 Å². The monoisotopic (exact) mass is 326 g/mol. The molecule has 2 aliphatic heterocycles. The molecule has 0 spiro atoms. The smallest absolute Gasteiger partial charge is 0.338 e. The van der Waals surface area contributed by atoms with Gasteiger partial charge in [-0.2, -0.15) is 0 Å². The Morgan fingerprint density at radius 3 is 3.00 bits per heavy atom. The van der Waals surface area contributed by atoms with Gasteiger partial charge in [0.15, 0.2) is 0 Å². The number of carbonyl (C=O) groups excluding carboxylic acids is 1. The molecule has 0 saturated carbocycles. The summed E-state index contributed by atoms with van der Waals surface area (Å²) in [6.45, 7) is 4.48. The molecule has 0 aromatic heterocycles. The van der Waals surface area contributed by atoms with E-state index in [1.54, 1.807) is 6.07 Å². The van der Waals surface area contributed by atoms with Crippen LogP contribution in [0.15, 0.2) is 12.1 Å². The second-order valence-corrected chi connectivity index (χ2v) is 5.92. The predicted molar refractivity (Wildman–Crippen MR) is 86.2 cm³/mol. The molecule has 1 aromatic carbocycles. The van der Waals surface area contributed by atoms with E-state index in [0.29, 0.717) is 31.3 Å². The topological polar surface area (TPSA) is 75.8 Å². The van der Waals surface area contributed by atoms with Gasteiger partial charge in [0, 0.05) is 24.7 Å². The van der Waals surface area contributed by atoms with Crippen molar-refractivity contribution in [3.8, 4) is 0 Å². The third kappa shape index (κ3) is 2.99. The summed E-state index contributed by atoms with van der Waals surface area (Å²) in [7, 11) is 0. The summed E-state index contributed by atoms with van der Waals surface area (Å²) in [4.78, 5) is 13.8. The second-order valence-electron chi connectivity index (χ2n) is 5.92. The largest absolute Gasteiger partial charge is 0.457 e. The number of benzene rings is 1. The molecule has 5 nitrogen and oxygen atoms in total. The Morgan fingerprint density at radius 1 is 1.50 bits per heavy atom. The van der Waals surface area contributed by atoms with Crippen molar-refractivity contribution in [2.24, 2.45) is 5.73 Å². The number of hydrogen-bond acceptors (Lipinski definition) is 5. The molecule has 3 N–H and O–H groups in total. The maximum Gasteiger partial charge on any atom is 0.338 e. The van der Waals surface area contributed by atoms with E-state index in [1.165, 1.54) is 0 Å². The third-order valence-corrected chi connectivity index (χ3v) is 4.75. The molecule has 1 saturated heterocycles. The van der Waals surface area contributed by atoms with Crippen LogP contribution in [0.1, 0.15) is 46.0 Å². The van der Waals surface area contributed by atoms with Crippen LogP contribution in [0.25, 0.3) is 0 Å². The van der Waals surface area contributed by atoms with Gasteiger partial charge in [0.2, 0.25) is 0 Å². The number of carbonyl (C=O) groups is 1. The van der Waals surface area contributed by atoms with Crippen LogP contribution in [0.3, 0.4) is 0 Å². The molecule has 1 fully saturated rings. The maximum atomic E-state index is 11.6. The van der Waals surface area contributed by atoms with Gasteiger partial charge < -0.3 is 15.6 Å². The van der Waals surface area contributed by atoms with Gasteiger partial charge in [-0.1, -0.05) is 6.07 Å². The summed E-state index contributed by atoms with van der Waals surface area (Å²) < 4.78 is 5.06. The third-order valence-electron chi connectivity index (χ3n) is 4.75. The minimum atomic E-state index is -0.557. The first-order chi connectivity index (χ1) is 10.1. The molecule has 6 heteroatoms. The van der Waals surface area contributed by atoms with Crippen molar-refractivity contribution < 1.29 is 14.6 Å². The van der Waals surface area contributed by atoms with Crippen LogP contribution in [-0.2, 0) is 11.3 Å². The number of cyclic esters (lactones) is 1. The van der Waals surface area contributed by atoms with Crippen molar-refractivity contribution in [1.82, 2.24) is 4.90 Å². The highest BCUT2D eigenvalue weighted by atomic mass is 35.5. The minimum Gasteiger partial charge on any atom is -0.457 e. The van der Waals surface area contributed by atoms with E-state index in [4.69, 9.17) is 10.5 Å². The lowest BCUT2D eigenvalue weighted by atomic mass is 9.95. The summed E-state index contributed by atoms with van der Waals surface area (Å²) in [6.07, 6.45) is 1.69. The van der Waals surface area contributed by atoms with Gasteiger partial charge in [-0.3, -0.25) is 4.90 Å². The van der Waals surface area contributed by atoms with E-state index < -0.39 is 6.10 Å². The molecule has 22 heavy (non-hydrogen) atoms. The van der Waals surface area contributed by atoms with Crippen molar-refractivity contribution in [3.63, 3.8) is 0 Å². The van der Waals surface area contributed by atoms with Crippen LogP contribution in [0.4, 0.5) is 0 Å². The maximum absolute atomic E-state index is 11.6. The number of ether oxygens (including phenoxy) is 1. The van der Waals surface area contributed by atoms with Crippen LogP contribution in [0, 0.1) is 6.92 Å². The molecule has 122 valence electrons. The van der Waals surface area contributed by atoms with Gasteiger partial charge in [-0.15, -0.1) is 12.4 Å². The summed E-state index contributed by atoms with van der Waals surface area (Å²) in [5.41, 5.74) is 9.17. The highest BCUT2D eigenvalue weighted by Gasteiger charge is 2.29. The van der Waals surface area contributed by atoms with Crippen molar-refractivity contribution >= 4 is 18.4 Å². The Bertz CT molecular complexity index is 565. The van der Waals surface area contributed by atoms with Crippen molar-refractivity contribution in [2.45, 2.75) is 38.5 Å². The van der Waals surface area contributed by atoms with Gasteiger partial charge >= 0.3 is 5.97 Å². The minimum absolute atomic E-state index is 0.